The molecule has 1 fully saturated rings. The monoisotopic (exact) mass is 299 g/mol. The summed E-state index contributed by atoms with van der Waals surface area (Å²) in [6, 6.07) is 0. The van der Waals surface area contributed by atoms with E-state index in [0.29, 0.717) is 13.2 Å². The summed E-state index contributed by atoms with van der Waals surface area (Å²) in [5, 5.41) is 5.68. The molecule has 2 heterocycles. The standard InChI is InChI=1S/C13H21N3O3S/c1-16(2)13-15-10(9-20-13)6-14-12(17)8-18-7-11-4-3-5-19-11/h9,11H,3-8H2,1-2H3,(H,14,17). The molecule has 1 aromatic heterocycles. The van der Waals surface area contributed by atoms with Crippen LogP contribution in [0.2, 0.25) is 0 Å². The van der Waals surface area contributed by atoms with Crippen molar-refractivity contribution in [2.24, 2.45) is 0 Å². The predicted octanol–water partition coefficient (Wildman–Crippen LogP) is 1.02. The second-order valence-electron chi connectivity index (χ2n) is 4.94. The van der Waals surface area contributed by atoms with Crippen LogP contribution in [0.4, 0.5) is 5.13 Å². The second kappa shape index (κ2) is 7.56. The van der Waals surface area contributed by atoms with E-state index in [1.165, 1.54) is 0 Å². The average Bonchev–Trinajstić information content (AvgIpc) is 3.07. The molecule has 0 aromatic carbocycles. The summed E-state index contributed by atoms with van der Waals surface area (Å²) in [6.45, 7) is 1.81. The summed E-state index contributed by atoms with van der Waals surface area (Å²) in [6.07, 6.45) is 2.26. The molecule has 0 bridgehead atoms. The predicted molar refractivity (Wildman–Crippen MR) is 78.1 cm³/mol. The molecule has 1 aromatic rings. The van der Waals surface area contributed by atoms with Crippen LogP contribution >= 0.6 is 11.3 Å². The first-order valence-corrected chi connectivity index (χ1v) is 7.61. The van der Waals surface area contributed by atoms with Gasteiger partial charge in [0.1, 0.15) is 6.61 Å². The molecule has 1 amide bonds. The fourth-order valence-electron chi connectivity index (χ4n) is 1.88. The fourth-order valence-corrected chi connectivity index (χ4v) is 2.64. The average molecular weight is 299 g/mol. The minimum Gasteiger partial charge on any atom is -0.376 e. The summed E-state index contributed by atoms with van der Waals surface area (Å²) in [7, 11) is 3.89. The van der Waals surface area contributed by atoms with Gasteiger partial charge in [-0.1, -0.05) is 0 Å². The first kappa shape index (κ1) is 15.2. The molecule has 1 unspecified atom stereocenters. The Morgan fingerprint density at radius 1 is 1.65 bits per heavy atom. The first-order valence-electron chi connectivity index (χ1n) is 6.73. The Morgan fingerprint density at radius 3 is 3.15 bits per heavy atom. The van der Waals surface area contributed by atoms with Crippen LogP contribution in [0.1, 0.15) is 18.5 Å². The SMILES string of the molecule is CN(C)c1nc(CNC(=O)COCC2CCCO2)cs1. The Balaban J connectivity index is 1.61. The number of amides is 1. The fraction of sp³-hybridized carbons (Fsp3) is 0.692. The van der Waals surface area contributed by atoms with Crippen LogP contribution < -0.4 is 10.2 Å². The second-order valence-corrected chi connectivity index (χ2v) is 5.78. The van der Waals surface area contributed by atoms with E-state index in [9.17, 15) is 4.79 Å². The van der Waals surface area contributed by atoms with Crippen molar-refractivity contribution in [1.29, 1.82) is 0 Å². The van der Waals surface area contributed by atoms with Crippen LogP contribution in [0.25, 0.3) is 0 Å². The lowest BCUT2D eigenvalue weighted by Crippen LogP contribution is -2.29. The molecule has 2 rings (SSSR count). The maximum absolute atomic E-state index is 11.6. The molecule has 1 atom stereocenters. The number of hydrogen-bond acceptors (Lipinski definition) is 6. The van der Waals surface area contributed by atoms with Gasteiger partial charge in [0.15, 0.2) is 5.13 Å². The van der Waals surface area contributed by atoms with Crippen molar-refractivity contribution in [3.63, 3.8) is 0 Å². The highest BCUT2D eigenvalue weighted by Crippen LogP contribution is 2.17. The van der Waals surface area contributed by atoms with Crippen LogP contribution in [-0.4, -0.2) is 50.9 Å². The Morgan fingerprint density at radius 2 is 2.50 bits per heavy atom. The molecule has 1 saturated heterocycles. The molecule has 6 nitrogen and oxygen atoms in total. The van der Waals surface area contributed by atoms with E-state index in [1.54, 1.807) is 11.3 Å². The van der Waals surface area contributed by atoms with Crippen LogP contribution in [0.15, 0.2) is 5.38 Å². The van der Waals surface area contributed by atoms with Gasteiger partial charge < -0.3 is 19.7 Å². The minimum atomic E-state index is -0.123. The molecule has 20 heavy (non-hydrogen) atoms. The van der Waals surface area contributed by atoms with Crippen LogP contribution in [0.5, 0.6) is 0 Å². The molecule has 1 aliphatic rings. The van der Waals surface area contributed by atoms with Gasteiger partial charge in [0.05, 0.1) is 24.9 Å². The Bertz CT molecular complexity index is 430. The normalized spacial score (nSPS) is 18.2. The highest BCUT2D eigenvalue weighted by molar-refractivity contribution is 7.13. The third-order valence-corrected chi connectivity index (χ3v) is 4.01. The highest BCUT2D eigenvalue weighted by Gasteiger charge is 2.15. The Labute approximate surface area is 123 Å². The van der Waals surface area contributed by atoms with Crippen molar-refractivity contribution in [1.82, 2.24) is 10.3 Å². The molecule has 1 aliphatic heterocycles. The first-order chi connectivity index (χ1) is 9.65. The lowest BCUT2D eigenvalue weighted by Gasteiger charge is -2.10. The third-order valence-electron chi connectivity index (χ3n) is 2.95. The number of ether oxygens (including phenoxy) is 2. The molecule has 7 heteroatoms. The zero-order valence-corrected chi connectivity index (χ0v) is 12.7. The van der Waals surface area contributed by atoms with Crippen molar-refractivity contribution in [2.75, 3.05) is 38.8 Å². The van der Waals surface area contributed by atoms with Crippen LogP contribution in [0.3, 0.4) is 0 Å². The number of nitrogens with zero attached hydrogens (tertiary/aromatic N) is 2. The highest BCUT2D eigenvalue weighted by atomic mass is 32.1. The number of anilines is 1. The van der Waals surface area contributed by atoms with Gasteiger partial charge in [-0.2, -0.15) is 0 Å². The molecule has 1 N–H and O–H groups in total. The summed E-state index contributed by atoms with van der Waals surface area (Å²) in [5.74, 6) is -0.123. The van der Waals surface area contributed by atoms with E-state index < -0.39 is 0 Å². The smallest absolute Gasteiger partial charge is 0.246 e. The number of rotatable bonds is 7. The quantitative estimate of drug-likeness (QED) is 0.814. The summed E-state index contributed by atoms with van der Waals surface area (Å²) < 4.78 is 10.8. The molecular formula is C13H21N3O3S. The number of carbonyl (C=O) groups excluding carboxylic acids is 1. The lowest BCUT2D eigenvalue weighted by molar-refractivity contribution is -0.127. The van der Waals surface area contributed by atoms with Gasteiger partial charge >= 0.3 is 0 Å². The van der Waals surface area contributed by atoms with Crippen molar-refractivity contribution in [3.8, 4) is 0 Å². The summed E-state index contributed by atoms with van der Waals surface area (Å²) >= 11 is 1.56. The number of hydrogen-bond donors (Lipinski definition) is 1. The van der Waals surface area contributed by atoms with E-state index >= 15 is 0 Å². The van der Waals surface area contributed by atoms with Crippen molar-refractivity contribution in [2.45, 2.75) is 25.5 Å². The van der Waals surface area contributed by atoms with E-state index in [4.69, 9.17) is 9.47 Å². The van der Waals surface area contributed by atoms with E-state index in [2.05, 4.69) is 10.3 Å². The minimum absolute atomic E-state index is 0.0739. The molecule has 0 spiro atoms. The zero-order valence-electron chi connectivity index (χ0n) is 11.9. The molecule has 0 saturated carbocycles. The van der Waals surface area contributed by atoms with Crippen molar-refractivity contribution in [3.05, 3.63) is 11.1 Å². The third kappa shape index (κ3) is 4.73. The van der Waals surface area contributed by atoms with Gasteiger partial charge in [0.2, 0.25) is 5.91 Å². The van der Waals surface area contributed by atoms with Gasteiger partial charge in [-0.3, -0.25) is 4.79 Å². The van der Waals surface area contributed by atoms with Crippen molar-refractivity contribution < 1.29 is 14.3 Å². The summed E-state index contributed by atoms with van der Waals surface area (Å²) in [5.41, 5.74) is 0.867. The molecule has 0 radical (unpaired) electrons. The number of thiazole rings is 1. The summed E-state index contributed by atoms with van der Waals surface area (Å²) in [4.78, 5) is 18.0. The largest absolute Gasteiger partial charge is 0.376 e. The Hall–Kier alpha value is -1.18. The van der Waals surface area contributed by atoms with Gasteiger partial charge in [0.25, 0.3) is 0 Å². The van der Waals surface area contributed by atoms with E-state index in [0.717, 1.165) is 30.3 Å². The number of carbonyl (C=O) groups is 1. The number of aromatic nitrogens is 1. The molecule has 0 aliphatic carbocycles. The van der Waals surface area contributed by atoms with E-state index in [1.807, 2.05) is 24.4 Å². The molecule has 112 valence electrons. The maximum atomic E-state index is 11.6. The van der Waals surface area contributed by atoms with Gasteiger partial charge in [-0.05, 0) is 12.8 Å². The van der Waals surface area contributed by atoms with Gasteiger partial charge in [-0.15, -0.1) is 11.3 Å². The van der Waals surface area contributed by atoms with Crippen LogP contribution in [0, 0.1) is 0 Å². The van der Waals surface area contributed by atoms with Gasteiger partial charge in [-0.25, -0.2) is 4.98 Å². The molecular weight excluding hydrogens is 278 g/mol. The van der Waals surface area contributed by atoms with Gasteiger partial charge in [0, 0.05) is 26.1 Å². The van der Waals surface area contributed by atoms with Crippen molar-refractivity contribution >= 4 is 22.4 Å². The lowest BCUT2D eigenvalue weighted by atomic mass is 10.2. The number of nitrogens with one attached hydrogen (secondary N) is 1. The topological polar surface area (TPSA) is 63.7 Å². The zero-order chi connectivity index (χ0) is 14.4. The van der Waals surface area contributed by atoms with Crippen LogP contribution in [-0.2, 0) is 20.8 Å². The Kier molecular flexibility index (Phi) is 5.75. The maximum Gasteiger partial charge on any atom is 0.246 e. The van der Waals surface area contributed by atoms with E-state index in [-0.39, 0.29) is 18.6 Å².